The van der Waals surface area contributed by atoms with Crippen molar-refractivity contribution in [2.75, 3.05) is 0 Å². The Kier molecular flexibility index (Phi) is 4.45. The molecule has 2 saturated heterocycles. The van der Waals surface area contributed by atoms with Gasteiger partial charge in [-0.15, -0.1) is 0 Å². The molecule has 3 aliphatic heterocycles. The van der Waals surface area contributed by atoms with Crippen molar-refractivity contribution in [1.29, 1.82) is 0 Å². The predicted octanol–water partition coefficient (Wildman–Crippen LogP) is 3.80. The van der Waals surface area contributed by atoms with Gasteiger partial charge in [0.25, 0.3) is 0 Å². The Morgan fingerprint density at radius 1 is 1.30 bits per heavy atom. The van der Waals surface area contributed by atoms with Crippen LogP contribution in [-0.4, -0.2) is 35.3 Å². The third-order valence-electron chi connectivity index (χ3n) is 7.64. The van der Waals surface area contributed by atoms with Crippen molar-refractivity contribution in [1.82, 2.24) is 0 Å². The highest BCUT2D eigenvalue weighted by Gasteiger charge is 2.66. The molecule has 150 valence electrons. The van der Waals surface area contributed by atoms with Crippen LogP contribution in [0.2, 0.25) is 0 Å². The lowest BCUT2D eigenvalue weighted by atomic mass is 9.58. The van der Waals surface area contributed by atoms with Crippen molar-refractivity contribution in [3.05, 3.63) is 11.6 Å². The van der Waals surface area contributed by atoms with Gasteiger partial charge in [-0.05, 0) is 58.8 Å². The summed E-state index contributed by atoms with van der Waals surface area (Å²) in [4.78, 5) is 24.8. The van der Waals surface area contributed by atoms with E-state index in [-0.39, 0.29) is 47.8 Å². The summed E-state index contributed by atoms with van der Waals surface area (Å²) >= 11 is 0. The lowest BCUT2D eigenvalue weighted by molar-refractivity contribution is -0.180. The van der Waals surface area contributed by atoms with Crippen LogP contribution in [0.1, 0.15) is 66.7 Å². The minimum absolute atomic E-state index is 0.00942. The molecule has 0 amide bonds. The van der Waals surface area contributed by atoms with Crippen LogP contribution in [-0.2, 0) is 23.8 Å². The van der Waals surface area contributed by atoms with E-state index in [1.54, 1.807) is 0 Å². The molecule has 8 atom stereocenters. The summed E-state index contributed by atoms with van der Waals surface area (Å²) in [6.07, 6.45) is 6.22. The fraction of sp³-hybridized carbons (Fsp3) is 0.818. The molecule has 1 saturated carbocycles. The molecular weight excluding hydrogens is 344 g/mol. The second kappa shape index (κ2) is 6.33. The molecule has 0 N–H and O–H groups in total. The monoisotopic (exact) mass is 376 g/mol. The number of fused-ring (bicyclic) bond motifs is 2. The zero-order chi connectivity index (χ0) is 19.6. The molecule has 4 aliphatic rings. The average molecular weight is 376 g/mol. The van der Waals surface area contributed by atoms with Crippen molar-refractivity contribution >= 4 is 11.9 Å². The summed E-state index contributed by atoms with van der Waals surface area (Å²) in [5.74, 6) is -0.0260. The summed E-state index contributed by atoms with van der Waals surface area (Å²) in [7, 11) is 0. The van der Waals surface area contributed by atoms with Crippen molar-refractivity contribution in [3.63, 3.8) is 0 Å². The first kappa shape index (κ1) is 19.0. The lowest BCUT2D eigenvalue weighted by Gasteiger charge is -2.48. The molecule has 5 heteroatoms. The number of ether oxygens (including phenoxy) is 3. The Morgan fingerprint density at radius 3 is 2.74 bits per heavy atom. The zero-order valence-corrected chi connectivity index (χ0v) is 17.1. The van der Waals surface area contributed by atoms with E-state index >= 15 is 0 Å². The van der Waals surface area contributed by atoms with Crippen LogP contribution in [0.15, 0.2) is 11.6 Å². The lowest BCUT2D eigenvalue weighted by Crippen LogP contribution is -2.54. The molecule has 0 aromatic rings. The van der Waals surface area contributed by atoms with Gasteiger partial charge >= 0.3 is 11.9 Å². The van der Waals surface area contributed by atoms with Crippen LogP contribution < -0.4 is 0 Å². The van der Waals surface area contributed by atoms with Gasteiger partial charge < -0.3 is 14.2 Å². The fourth-order valence-electron chi connectivity index (χ4n) is 6.41. The molecule has 27 heavy (non-hydrogen) atoms. The van der Waals surface area contributed by atoms with Gasteiger partial charge in [-0.2, -0.15) is 0 Å². The molecule has 3 heterocycles. The minimum Gasteiger partial charge on any atom is -0.459 e. The summed E-state index contributed by atoms with van der Waals surface area (Å²) in [5, 5.41) is 0. The van der Waals surface area contributed by atoms with E-state index in [1.165, 1.54) is 12.5 Å². The van der Waals surface area contributed by atoms with Gasteiger partial charge in [-0.25, -0.2) is 0 Å². The molecule has 3 fully saturated rings. The summed E-state index contributed by atoms with van der Waals surface area (Å²) in [6.45, 7) is 9.73. The smallest absolute Gasteiger partial charge is 0.309 e. The third-order valence-corrected chi connectivity index (χ3v) is 7.64. The standard InChI is InChI=1S/C22H32O5/c1-12-7-6-9-22(5)19-17-15(13(2)20(24)27-22)8-10-21(4,26-14(3)23)18(17)16(11-12)25-19/h7,13,15-19H,6,8-11H2,1-5H3/b12-7-/t13-,15+,16+,17+,18+,19+,21-,22+/m0/s1. The molecule has 0 aromatic carbocycles. The van der Waals surface area contributed by atoms with E-state index in [9.17, 15) is 9.59 Å². The number of carbonyl (C=O) groups excluding carboxylic acids is 2. The van der Waals surface area contributed by atoms with E-state index in [0.29, 0.717) is 0 Å². The number of rotatable bonds is 1. The zero-order valence-electron chi connectivity index (χ0n) is 17.1. The molecule has 4 rings (SSSR count). The minimum atomic E-state index is -0.632. The van der Waals surface area contributed by atoms with E-state index < -0.39 is 11.2 Å². The fourth-order valence-corrected chi connectivity index (χ4v) is 6.41. The number of esters is 2. The van der Waals surface area contributed by atoms with Crippen LogP contribution in [0.4, 0.5) is 0 Å². The highest BCUT2D eigenvalue weighted by atomic mass is 16.6. The van der Waals surface area contributed by atoms with Gasteiger partial charge in [0.15, 0.2) is 0 Å². The molecular formula is C22H32O5. The first-order valence-electron chi connectivity index (χ1n) is 10.4. The maximum absolute atomic E-state index is 12.8. The quantitative estimate of drug-likeness (QED) is 0.514. The summed E-state index contributed by atoms with van der Waals surface area (Å²) in [6, 6.07) is 0. The number of allylic oxidation sites excluding steroid dienone is 1. The van der Waals surface area contributed by atoms with Crippen LogP contribution in [0, 0.1) is 23.7 Å². The molecule has 0 unspecified atom stereocenters. The molecule has 1 aliphatic carbocycles. The second-order valence-corrected chi connectivity index (χ2v) is 9.62. The largest absolute Gasteiger partial charge is 0.459 e. The molecule has 0 spiro atoms. The van der Waals surface area contributed by atoms with E-state index in [0.717, 1.165) is 32.1 Å². The first-order valence-corrected chi connectivity index (χ1v) is 10.4. The Hall–Kier alpha value is -1.36. The highest BCUT2D eigenvalue weighted by molar-refractivity contribution is 5.73. The van der Waals surface area contributed by atoms with Crippen LogP contribution in [0.5, 0.6) is 0 Å². The van der Waals surface area contributed by atoms with Crippen LogP contribution >= 0.6 is 0 Å². The Labute approximate surface area is 161 Å². The third kappa shape index (κ3) is 2.93. The number of hydrogen-bond acceptors (Lipinski definition) is 5. The van der Waals surface area contributed by atoms with E-state index in [2.05, 4.69) is 19.9 Å². The SMILES string of the molecule is CC(=O)O[C@@]1(C)CC[C@H]2[C@@H]3[C@H]1[C@H]1C/C(C)=C\CC[C@@](C)(OC(=O)[C@H]2C)[C@@H]3O1. The molecule has 5 nitrogen and oxygen atoms in total. The maximum Gasteiger partial charge on any atom is 0.309 e. The van der Waals surface area contributed by atoms with E-state index in [1.807, 2.05) is 13.8 Å². The average Bonchev–Trinajstić information content (AvgIpc) is 2.93. The van der Waals surface area contributed by atoms with Gasteiger partial charge in [0, 0.05) is 18.8 Å². The first-order chi connectivity index (χ1) is 12.6. The number of carbonyl (C=O) groups is 2. The van der Waals surface area contributed by atoms with Crippen molar-refractivity contribution in [2.45, 2.75) is 90.1 Å². The van der Waals surface area contributed by atoms with Crippen molar-refractivity contribution < 1.29 is 23.8 Å². The van der Waals surface area contributed by atoms with Gasteiger partial charge in [0.05, 0.1) is 12.0 Å². The Bertz CT molecular complexity index is 684. The molecule has 2 bridgehead atoms. The van der Waals surface area contributed by atoms with Gasteiger partial charge in [-0.3, -0.25) is 9.59 Å². The Balaban J connectivity index is 1.84. The normalized spacial score (nSPS) is 51.0. The van der Waals surface area contributed by atoms with Gasteiger partial charge in [0.2, 0.25) is 0 Å². The van der Waals surface area contributed by atoms with Gasteiger partial charge in [0.1, 0.15) is 17.3 Å². The predicted molar refractivity (Wildman–Crippen MR) is 99.8 cm³/mol. The van der Waals surface area contributed by atoms with Crippen molar-refractivity contribution in [3.8, 4) is 0 Å². The second-order valence-electron chi connectivity index (χ2n) is 9.62. The molecule has 0 radical (unpaired) electrons. The topological polar surface area (TPSA) is 61.8 Å². The van der Waals surface area contributed by atoms with Crippen LogP contribution in [0.25, 0.3) is 0 Å². The molecule has 0 aromatic heterocycles. The highest BCUT2D eigenvalue weighted by Crippen LogP contribution is 2.59. The van der Waals surface area contributed by atoms with Gasteiger partial charge in [-0.1, -0.05) is 18.6 Å². The summed E-state index contributed by atoms with van der Waals surface area (Å²) < 4.78 is 18.7. The number of hydrogen-bond donors (Lipinski definition) is 0. The van der Waals surface area contributed by atoms with Crippen LogP contribution in [0.3, 0.4) is 0 Å². The summed E-state index contributed by atoms with van der Waals surface area (Å²) in [5.41, 5.74) is 0.113. The maximum atomic E-state index is 12.8. The van der Waals surface area contributed by atoms with Crippen molar-refractivity contribution in [2.24, 2.45) is 23.7 Å². The van der Waals surface area contributed by atoms with E-state index in [4.69, 9.17) is 14.2 Å². The Morgan fingerprint density at radius 2 is 2.04 bits per heavy atom.